The molecule has 0 saturated carbocycles. The van der Waals surface area contributed by atoms with Crippen molar-refractivity contribution in [3.63, 3.8) is 0 Å². The first-order chi connectivity index (χ1) is 6.54. The van der Waals surface area contributed by atoms with Crippen molar-refractivity contribution in [1.29, 1.82) is 0 Å². The molecule has 0 aromatic heterocycles. The molecule has 0 unspecified atom stereocenters. The highest BCUT2D eigenvalue weighted by Crippen LogP contribution is 2.01. The Morgan fingerprint density at radius 3 is 2.43 bits per heavy atom. The molecule has 0 aromatic carbocycles. The van der Waals surface area contributed by atoms with Crippen LogP contribution in [0, 0.1) is 0 Å². The molecule has 0 spiro atoms. The summed E-state index contributed by atoms with van der Waals surface area (Å²) in [6.07, 6.45) is -4.94. The van der Waals surface area contributed by atoms with Gasteiger partial charge in [-0.25, -0.2) is 4.79 Å². The summed E-state index contributed by atoms with van der Waals surface area (Å²) in [6, 6.07) is 0. The van der Waals surface area contributed by atoms with Gasteiger partial charge in [0.2, 0.25) is 0 Å². The van der Waals surface area contributed by atoms with Crippen LogP contribution in [-0.4, -0.2) is 52.5 Å². The molecule has 0 aromatic rings. The third-order valence-electron chi connectivity index (χ3n) is 1.50. The third-order valence-corrected chi connectivity index (χ3v) is 1.50. The van der Waals surface area contributed by atoms with Crippen molar-refractivity contribution < 1.29 is 29.6 Å². The zero-order valence-corrected chi connectivity index (χ0v) is 7.79. The van der Waals surface area contributed by atoms with Gasteiger partial charge in [-0.15, -0.1) is 0 Å². The average molecular weight is 206 g/mol. The normalized spacial score (nSPS) is 16.9. The Labute approximate surface area is 81.1 Å². The highest BCUT2D eigenvalue weighted by molar-refractivity contribution is 5.76. The maximum absolute atomic E-state index is 10.9. The summed E-state index contributed by atoms with van der Waals surface area (Å²) in [5.41, 5.74) is 0. The van der Waals surface area contributed by atoms with Crippen molar-refractivity contribution in [2.45, 2.75) is 31.7 Å². The van der Waals surface area contributed by atoms with E-state index in [2.05, 4.69) is 4.74 Å². The highest BCUT2D eigenvalue weighted by atomic mass is 16.5. The number of aldehydes is 1. The first-order valence-corrected chi connectivity index (χ1v) is 4.20. The number of aliphatic hydroxyl groups is 3. The molecule has 14 heavy (non-hydrogen) atoms. The Balaban J connectivity index is 4.09. The molecule has 0 amide bonds. The van der Waals surface area contributed by atoms with Crippen molar-refractivity contribution in [2.75, 3.05) is 6.61 Å². The van der Waals surface area contributed by atoms with Crippen molar-refractivity contribution >= 4 is 12.3 Å². The minimum Gasteiger partial charge on any atom is -0.464 e. The van der Waals surface area contributed by atoms with Gasteiger partial charge in [0.1, 0.15) is 12.2 Å². The molecular weight excluding hydrogens is 192 g/mol. The van der Waals surface area contributed by atoms with Crippen molar-refractivity contribution in [3.05, 3.63) is 0 Å². The van der Waals surface area contributed by atoms with E-state index in [4.69, 9.17) is 15.3 Å². The zero-order chi connectivity index (χ0) is 11.1. The molecule has 0 radical (unpaired) electrons. The van der Waals surface area contributed by atoms with E-state index in [0.717, 1.165) is 0 Å². The number of hydrogen-bond donors (Lipinski definition) is 3. The van der Waals surface area contributed by atoms with Gasteiger partial charge in [-0.3, -0.25) is 0 Å². The number of rotatable bonds is 6. The maximum atomic E-state index is 10.9. The van der Waals surface area contributed by atoms with Crippen LogP contribution in [0.1, 0.15) is 13.3 Å². The van der Waals surface area contributed by atoms with Crippen LogP contribution in [-0.2, 0) is 14.3 Å². The minimum atomic E-state index is -1.90. The van der Waals surface area contributed by atoms with Gasteiger partial charge in [0.15, 0.2) is 12.4 Å². The number of ether oxygens (including phenoxy) is 1. The second-order valence-corrected chi connectivity index (χ2v) is 2.73. The van der Waals surface area contributed by atoms with Gasteiger partial charge in [-0.2, -0.15) is 0 Å². The Hall–Kier alpha value is -0.980. The van der Waals surface area contributed by atoms with Gasteiger partial charge < -0.3 is 24.9 Å². The van der Waals surface area contributed by atoms with E-state index in [0.29, 0.717) is 6.42 Å². The average Bonchev–Trinajstić information content (AvgIpc) is 2.22. The second-order valence-electron chi connectivity index (χ2n) is 2.73. The molecule has 0 aliphatic heterocycles. The molecule has 3 N–H and O–H groups in total. The van der Waals surface area contributed by atoms with Crippen LogP contribution in [0.5, 0.6) is 0 Å². The van der Waals surface area contributed by atoms with Gasteiger partial charge in [0.25, 0.3) is 0 Å². The van der Waals surface area contributed by atoms with Crippen molar-refractivity contribution in [2.24, 2.45) is 0 Å². The van der Waals surface area contributed by atoms with E-state index in [1.165, 1.54) is 0 Å². The predicted octanol–water partition coefficient (Wildman–Crippen LogP) is -1.78. The lowest BCUT2D eigenvalue weighted by atomic mass is 10.1. The SMILES string of the molecule is CCCOC(=O)[C@@H](O)[C@H](O)[C@H](O)C=O. The summed E-state index contributed by atoms with van der Waals surface area (Å²) < 4.78 is 4.49. The van der Waals surface area contributed by atoms with Crippen LogP contribution in [0.25, 0.3) is 0 Å². The maximum Gasteiger partial charge on any atom is 0.337 e. The predicted molar refractivity (Wildman–Crippen MR) is 45.3 cm³/mol. The van der Waals surface area contributed by atoms with Crippen LogP contribution in [0.15, 0.2) is 0 Å². The molecule has 6 nitrogen and oxygen atoms in total. The molecule has 0 heterocycles. The van der Waals surface area contributed by atoms with Crippen LogP contribution in [0.2, 0.25) is 0 Å². The standard InChI is InChI=1S/C8H14O6/c1-2-3-14-8(13)7(12)6(11)5(10)4-9/h4-7,10-12H,2-3H2,1H3/t5-,6-,7+/m1/s1. The fraction of sp³-hybridized carbons (Fsp3) is 0.750. The Morgan fingerprint density at radius 2 is 2.00 bits per heavy atom. The van der Waals surface area contributed by atoms with Gasteiger partial charge in [0, 0.05) is 0 Å². The number of aliphatic hydroxyl groups excluding tert-OH is 3. The molecule has 6 heteroatoms. The minimum absolute atomic E-state index is 0.0288. The van der Waals surface area contributed by atoms with Gasteiger partial charge in [0.05, 0.1) is 6.61 Å². The van der Waals surface area contributed by atoms with E-state index >= 15 is 0 Å². The molecule has 82 valence electrons. The molecule has 0 fully saturated rings. The van der Waals surface area contributed by atoms with E-state index in [1.807, 2.05) is 0 Å². The summed E-state index contributed by atoms with van der Waals surface area (Å²) in [5.74, 6) is -1.06. The van der Waals surface area contributed by atoms with Crippen LogP contribution >= 0.6 is 0 Å². The zero-order valence-electron chi connectivity index (χ0n) is 7.79. The van der Waals surface area contributed by atoms with Crippen molar-refractivity contribution in [3.8, 4) is 0 Å². The number of carbonyl (C=O) groups is 2. The van der Waals surface area contributed by atoms with E-state index in [1.54, 1.807) is 6.92 Å². The summed E-state index contributed by atoms with van der Waals surface area (Å²) in [6.45, 7) is 1.87. The van der Waals surface area contributed by atoms with Gasteiger partial charge >= 0.3 is 5.97 Å². The fourth-order valence-corrected chi connectivity index (χ4v) is 0.695. The lowest BCUT2D eigenvalue weighted by molar-refractivity contribution is -0.164. The molecular formula is C8H14O6. The molecule has 0 aliphatic carbocycles. The first-order valence-electron chi connectivity index (χ1n) is 4.20. The van der Waals surface area contributed by atoms with E-state index in [-0.39, 0.29) is 12.9 Å². The molecule has 3 atom stereocenters. The Kier molecular flexibility index (Phi) is 6.02. The lowest BCUT2D eigenvalue weighted by Gasteiger charge is -2.17. The van der Waals surface area contributed by atoms with E-state index < -0.39 is 24.3 Å². The number of esters is 1. The van der Waals surface area contributed by atoms with Crippen LogP contribution in [0.4, 0.5) is 0 Å². The highest BCUT2D eigenvalue weighted by Gasteiger charge is 2.31. The third kappa shape index (κ3) is 3.82. The number of carbonyl (C=O) groups excluding carboxylic acids is 2. The molecule has 0 rings (SSSR count). The monoisotopic (exact) mass is 206 g/mol. The van der Waals surface area contributed by atoms with E-state index in [9.17, 15) is 9.59 Å². The summed E-state index contributed by atoms with van der Waals surface area (Å²) in [5, 5.41) is 26.9. The summed E-state index contributed by atoms with van der Waals surface area (Å²) >= 11 is 0. The van der Waals surface area contributed by atoms with Crippen molar-refractivity contribution in [1.82, 2.24) is 0 Å². The fourth-order valence-electron chi connectivity index (χ4n) is 0.695. The first kappa shape index (κ1) is 13.0. The Bertz CT molecular complexity index is 192. The molecule has 0 saturated heterocycles. The van der Waals surface area contributed by atoms with Crippen LogP contribution in [0.3, 0.4) is 0 Å². The Morgan fingerprint density at radius 1 is 1.43 bits per heavy atom. The summed E-state index contributed by atoms with van der Waals surface area (Å²) in [7, 11) is 0. The summed E-state index contributed by atoms with van der Waals surface area (Å²) in [4.78, 5) is 20.9. The van der Waals surface area contributed by atoms with Crippen LogP contribution < -0.4 is 0 Å². The quantitative estimate of drug-likeness (QED) is 0.350. The number of hydrogen-bond acceptors (Lipinski definition) is 6. The smallest absolute Gasteiger partial charge is 0.337 e. The topological polar surface area (TPSA) is 104 Å². The second kappa shape index (κ2) is 6.47. The van der Waals surface area contributed by atoms with Gasteiger partial charge in [-0.1, -0.05) is 6.92 Å². The lowest BCUT2D eigenvalue weighted by Crippen LogP contribution is -2.43. The molecule has 0 aliphatic rings. The molecule has 0 bridgehead atoms. The van der Waals surface area contributed by atoms with Gasteiger partial charge in [-0.05, 0) is 6.42 Å². The largest absolute Gasteiger partial charge is 0.464 e.